The molecule has 2 nitrogen and oxygen atoms in total. The zero-order valence-corrected chi connectivity index (χ0v) is 28.5. The topological polar surface area (TPSA) is 8.17 Å². The predicted molar refractivity (Wildman–Crippen MR) is 221 cm³/mol. The Morgan fingerprint density at radius 3 is 1.58 bits per heavy atom. The van der Waals surface area contributed by atoms with Gasteiger partial charge in [0.05, 0.1) is 11.0 Å². The van der Waals surface area contributed by atoms with Gasteiger partial charge in [-0.2, -0.15) is 0 Å². The average molecular weight is 663 g/mol. The largest absolute Gasteiger partial charge is 0.310 e. The van der Waals surface area contributed by atoms with Crippen LogP contribution in [0.4, 0.5) is 17.1 Å². The second kappa shape index (κ2) is 12.5. The van der Waals surface area contributed by atoms with Gasteiger partial charge in [0, 0.05) is 38.9 Å². The Morgan fingerprint density at radius 2 is 0.846 bits per heavy atom. The van der Waals surface area contributed by atoms with Crippen LogP contribution in [0.15, 0.2) is 206 Å². The van der Waals surface area contributed by atoms with Crippen LogP contribution in [0, 0.1) is 0 Å². The lowest BCUT2D eigenvalue weighted by molar-refractivity contribution is 1.18. The first kappa shape index (κ1) is 30.0. The van der Waals surface area contributed by atoms with Crippen LogP contribution < -0.4 is 4.90 Å². The van der Waals surface area contributed by atoms with Gasteiger partial charge in [-0.15, -0.1) is 0 Å². The van der Waals surface area contributed by atoms with E-state index in [2.05, 4.69) is 216 Å². The highest BCUT2D eigenvalue weighted by Gasteiger charge is 2.19. The highest BCUT2D eigenvalue weighted by molar-refractivity contribution is 6.19. The number of hydrogen-bond donors (Lipinski definition) is 0. The van der Waals surface area contributed by atoms with Crippen molar-refractivity contribution in [3.8, 4) is 27.9 Å². The van der Waals surface area contributed by atoms with Crippen LogP contribution >= 0.6 is 0 Å². The van der Waals surface area contributed by atoms with Gasteiger partial charge in [-0.1, -0.05) is 146 Å². The Bertz CT molecular complexity index is 2870. The summed E-state index contributed by atoms with van der Waals surface area (Å²) in [6.07, 6.45) is 0. The molecule has 0 aliphatic rings. The number of para-hydroxylation sites is 1. The Hall–Kier alpha value is -6.90. The maximum absolute atomic E-state index is 2.42. The lowest BCUT2D eigenvalue weighted by atomic mass is 10.0. The minimum absolute atomic E-state index is 1.11. The van der Waals surface area contributed by atoms with Crippen LogP contribution in [0.2, 0.25) is 0 Å². The number of anilines is 3. The van der Waals surface area contributed by atoms with E-state index in [4.69, 9.17) is 0 Å². The molecule has 2 heteroatoms. The van der Waals surface area contributed by atoms with Crippen molar-refractivity contribution in [3.05, 3.63) is 206 Å². The molecule has 0 fully saturated rings. The molecule has 0 radical (unpaired) electrons. The van der Waals surface area contributed by atoms with Crippen LogP contribution in [0.1, 0.15) is 0 Å². The van der Waals surface area contributed by atoms with E-state index in [1.165, 1.54) is 65.6 Å². The van der Waals surface area contributed by atoms with Gasteiger partial charge in [0.15, 0.2) is 0 Å². The molecule has 1 heterocycles. The summed E-state index contributed by atoms with van der Waals surface area (Å²) in [7, 11) is 0. The summed E-state index contributed by atoms with van der Waals surface area (Å²) >= 11 is 0. The van der Waals surface area contributed by atoms with Gasteiger partial charge in [0.2, 0.25) is 0 Å². The summed E-state index contributed by atoms with van der Waals surface area (Å²) in [5.41, 5.74) is 11.7. The quantitative estimate of drug-likeness (QED) is 0.172. The van der Waals surface area contributed by atoms with Crippen molar-refractivity contribution in [1.29, 1.82) is 0 Å². The summed E-state index contributed by atoms with van der Waals surface area (Å²) < 4.78 is 2.42. The number of benzene rings is 9. The van der Waals surface area contributed by atoms with E-state index in [0.717, 1.165) is 22.7 Å². The van der Waals surface area contributed by atoms with Gasteiger partial charge in [0.25, 0.3) is 0 Å². The first-order valence-corrected chi connectivity index (χ1v) is 17.8. The van der Waals surface area contributed by atoms with Crippen LogP contribution in [0.3, 0.4) is 0 Å². The second-order valence-electron chi connectivity index (χ2n) is 13.4. The molecule has 10 aromatic rings. The first-order valence-electron chi connectivity index (χ1n) is 17.8. The Labute approximate surface area is 303 Å². The smallest absolute Gasteiger partial charge is 0.0619 e. The SMILES string of the molecule is c1ccc(-c2ccc(N(c3ccc(-c4ccc5ccccc5c4)cc3)c3ccc4c(c3)c3ccc5ccccc5c3n4-c3ccccc3)cc2)cc1. The van der Waals surface area contributed by atoms with Crippen LogP contribution in [-0.4, -0.2) is 4.57 Å². The standard InChI is InChI=1S/C50H34N2/c1-3-11-35(12-4-1)37-21-26-43(27-22-37)51(44-28-23-38(24-29-44)41-20-19-36-13-7-8-15-40(36)33-41)45-30-32-49-48(34-45)47-31-25-39-14-9-10-18-46(39)50(47)52(49)42-16-5-2-6-17-42/h1-34H. The molecule has 0 bridgehead atoms. The van der Waals surface area contributed by atoms with Crippen LogP contribution in [-0.2, 0) is 0 Å². The van der Waals surface area contributed by atoms with Crippen molar-refractivity contribution < 1.29 is 0 Å². The lowest BCUT2D eigenvalue weighted by Crippen LogP contribution is -2.10. The summed E-state index contributed by atoms with van der Waals surface area (Å²) in [5, 5.41) is 7.46. The van der Waals surface area contributed by atoms with Crippen LogP contribution in [0.5, 0.6) is 0 Å². The summed E-state index contributed by atoms with van der Waals surface area (Å²) in [5.74, 6) is 0. The highest BCUT2D eigenvalue weighted by atomic mass is 15.1. The number of rotatable bonds is 6. The van der Waals surface area contributed by atoms with Crippen molar-refractivity contribution in [2.24, 2.45) is 0 Å². The zero-order chi connectivity index (χ0) is 34.4. The summed E-state index contributed by atoms with van der Waals surface area (Å²) in [6, 6.07) is 74.7. The van der Waals surface area contributed by atoms with Crippen molar-refractivity contribution in [2.75, 3.05) is 4.90 Å². The van der Waals surface area contributed by atoms with E-state index < -0.39 is 0 Å². The number of nitrogens with zero attached hydrogens (tertiary/aromatic N) is 2. The minimum atomic E-state index is 1.11. The fourth-order valence-electron chi connectivity index (χ4n) is 7.81. The van der Waals surface area contributed by atoms with E-state index in [-0.39, 0.29) is 0 Å². The van der Waals surface area contributed by atoms with Gasteiger partial charge < -0.3 is 9.47 Å². The van der Waals surface area contributed by atoms with Gasteiger partial charge in [-0.25, -0.2) is 0 Å². The molecule has 0 aliphatic heterocycles. The molecule has 10 rings (SSSR count). The van der Waals surface area contributed by atoms with Gasteiger partial charge in [-0.3, -0.25) is 0 Å². The fraction of sp³-hybridized carbons (Fsp3) is 0. The maximum Gasteiger partial charge on any atom is 0.0619 e. The van der Waals surface area contributed by atoms with Crippen LogP contribution in [0.25, 0.3) is 71.3 Å². The molecule has 52 heavy (non-hydrogen) atoms. The molecule has 0 atom stereocenters. The molecular weight excluding hydrogens is 629 g/mol. The third kappa shape index (κ3) is 5.12. The maximum atomic E-state index is 2.42. The van der Waals surface area contributed by atoms with Crippen molar-refractivity contribution in [3.63, 3.8) is 0 Å². The average Bonchev–Trinajstić information content (AvgIpc) is 3.56. The zero-order valence-electron chi connectivity index (χ0n) is 28.5. The molecular formula is C50H34N2. The van der Waals surface area contributed by atoms with Crippen molar-refractivity contribution in [1.82, 2.24) is 4.57 Å². The van der Waals surface area contributed by atoms with E-state index in [0.29, 0.717) is 0 Å². The van der Waals surface area contributed by atoms with E-state index in [9.17, 15) is 0 Å². The van der Waals surface area contributed by atoms with Gasteiger partial charge in [-0.05, 0) is 99.1 Å². The molecule has 0 saturated heterocycles. The Balaban J connectivity index is 1.15. The normalized spacial score (nSPS) is 11.5. The monoisotopic (exact) mass is 662 g/mol. The Kier molecular flexibility index (Phi) is 7.18. The van der Waals surface area contributed by atoms with Gasteiger partial charge in [0.1, 0.15) is 0 Å². The second-order valence-corrected chi connectivity index (χ2v) is 13.4. The number of aromatic nitrogens is 1. The minimum Gasteiger partial charge on any atom is -0.310 e. The van der Waals surface area contributed by atoms with E-state index in [1.54, 1.807) is 0 Å². The van der Waals surface area contributed by atoms with E-state index in [1.807, 2.05) is 0 Å². The molecule has 0 unspecified atom stereocenters. The third-order valence-electron chi connectivity index (χ3n) is 10.3. The first-order chi connectivity index (χ1) is 25.8. The summed E-state index contributed by atoms with van der Waals surface area (Å²) in [4.78, 5) is 2.38. The Morgan fingerprint density at radius 1 is 0.308 bits per heavy atom. The predicted octanol–water partition coefficient (Wildman–Crippen LogP) is 13.9. The van der Waals surface area contributed by atoms with Crippen molar-refractivity contribution >= 4 is 60.4 Å². The molecule has 1 aromatic heterocycles. The molecule has 244 valence electrons. The van der Waals surface area contributed by atoms with Gasteiger partial charge >= 0.3 is 0 Å². The molecule has 9 aromatic carbocycles. The van der Waals surface area contributed by atoms with Crippen molar-refractivity contribution in [2.45, 2.75) is 0 Å². The molecule has 0 aliphatic carbocycles. The van der Waals surface area contributed by atoms with E-state index >= 15 is 0 Å². The molecule has 0 spiro atoms. The molecule has 0 saturated carbocycles. The summed E-state index contributed by atoms with van der Waals surface area (Å²) in [6.45, 7) is 0. The molecule has 0 N–H and O–H groups in total. The third-order valence-corrected chi connectivity index (χ3v) is 10.3. The fourth-order valence-corrected chi connectivity index (χ4v) is 7.81. The number of hydrogen-bond acceptors (Lipinski definition) is 1. The lowest BCUT2D eigenvalue weighted by Gasteiger charge is -2.26. The highest BCUT2D eigenvalue weighted by Crippen LogP contribution is 2.42. The molecule has 0 amide bonds. The number of fused-ring (bicyclic) bond motifs is 6.